The first-order valence-electron chi connectivity index (χ1n) is 12.3. The molecule has 0 aliphatic heterocycles. The molecule has 0 saturated heterocycles. The van der Waals surface area contributed by atoms with Crippen molar-refractivity contribution in [2.24, 2.45) is 0 Å². The van der Waals surface area contributed by atoms with Gasteiger partial charge in [0.1, 0.15) is 22.6 Å². The number of carbonyl (C=O) groups excluding carboxylic acids is 1. The molecule has 2 aromatic heterocycles. The molecule has 8 heteroatoms. The number of fused-ring (bicyclic) bond motifs is 2. The highest BCUT2D eigenvalue weighted by molar-refractivity contribution is 7.80. The molecule has 0 atom stereocenters. The van der Waals surface area contributed by atoms with Gasteiger partial charge in [0.05, 0.1) is 5.69 Å². The van der Waals surface area contributed by atoms with Gasteiger partial charge >= 0.3 is 0 Å². The number of rotatable bonds is 5. The maximum Gasteiger partial charge on any atom is 0.250 e. The molecular weight excluding hydrogens is 506 g/mol. The maximum absolute atomic E-state index is 12.5. The standard InChI is InChI=1S/C31H23N5O2S/c1-20-18-26-27(35-36(34-26)28-13-7-11-21-8-5-6-12-24(21)28)19-25(20)32-31(39)33-30(37)17-15-23-14-16-29(38-23)22-9-3-2-4-10-22/h2-19H,1H3,(H2,32,33,37,39)/b17-15+. The molecule has 7 nitrogen and oxygen atoms in total. The molecule has 0 saturated carbocycles. The molecule has 2 N–H and O–H groups in total. The molecule has 0 spiro atoms. The van der Waals surface area contributed by atoms with Crippen molar-refractivity contribution in [2.45, 2.75) is 6.92 Å². The maximum atomic E-state index is 12.5. The van der Waals surface area contributed by atoms with E-state index in [2.05, 4.69) is 28.8 Å². The lowest BCUT2D eigenvalue weighted by atomic mass is 10.1. The first-order chi connectivity index (χ1) is 19.0. The second kappa shape index (κ2) is 10.4. The Labute approximate surface area is 229 Å². The summed E-state index contributed by atoms with van der Waals surface area (Å²) in [6, 6.07) is 31.5. The zero-order valence-corrected chi connectivity index (χ0v) is 21.8. The van der Waals surface area contributed by atoms with E-state index in [0.717, 1.165) is 44.6 Å². The van der Waals surface area contributed by atoms with Gasteiger partial charge in [0.25, 0.3) is 0 Å². The lowest BCUT2D eigenvalue weighted by Crippen LogP contribution is -2.33. The van der Waals surface area contributed by atoms with E-state index in [-0.39, 0.29) is 11.0 Å². The van der Waals surface area contributed by atoms with Gasteiger partial charge in [-0.1, -0.05) is 66.7 Å². The van der Waals surface area contributed by atoms with Crippen LogP contribution in [0.2, 0.25) is 0 Å². The van der Waals surface area contributed by atoms with Crippen LogP contribution in [0.3, 0.4) is 0 Å². The minimum absolute atomic E-state index is 0.179. The van der Waals surface area contributed by atoms with Gasteiger partial charge in [-0.05, 0) is 66.5 Å². The Bertz CT molecular complexity index is 1870. The zero-order valence-electron chi connectivity index (χ0n) is 21.0. The summed E-state index contributed by atoms with van der Waals surface area (Å²) in [6.07, 6.45) is 2.99. The summed E-state index contributed by atoms with van der Waals surface area (Å²) in [5, 5.41) is 17.5. The third-order valence-electron chi connectivity index (χ3n) is 6.28. The Morgan fingerprint density at radius 2 is 1.64 bits per heavy atom. The number of aromatic nitrogens is 3. The van der Waals surface area contributed by atoms with Crippen LogP contribution in [0.15, 0.2) is 108 Å². The van der Waals surface area contributed by atoms with Crippen molar-refractivity contribution in [2.75, 3.05) is 5.32 Å². The third kappa shape index (κ3) is 5.18. The minimum Gasteiger partial charge on any atom is -0.457 e. The zero-order chi connectivity index (χ0) is 26.8. The molecule has 0 fully saturated rings. The van der Waals surface area contributed by atoms with Crippen molar-refractivity contribution >= 4 is 56.8 Å². The number of thiocarbonyl (C=S) groups is 1. The Morgan fingerprint density at radius 3 is 2.49 bits per heavy atom. The van der Waals surface area contributed by atoms with Crippen LogP contribution < -0.4 is 10.6 Å². The highest BCUT2D eigenvalue weighted by atomic mass is 32.1. The number of nitrogens with one attached hydrogen (secondary N) is 2. The van der Waals surface area contributed by atoms with E-state index in [1.54, 1.807) is 10.9 Å². The van der Waals surface area contributed by atoms with E-state index < -0.39 is 0 Å². The molecular formula is C31H23N5O2S. The molecule has 0 bridgehead atoms. The van der Waals surface area contributed by atoms with E-state index in [1.165, 1.54) is 6.08 Å². The fourth-order valence-electron chi connectivity index (χ4n) is 4.36. The molecule has 6 aromatic rings. The average Bonchev–Trinajstić information content (AvgIpc) is 3.59. The number of nitrogens with zero attached hydrogens (tertiary/aromatic N) is 3. The molecule has 0 radical (unpaired) electrons. The highest BCUT2D eigenvalue weighted by Crippen LogP contribution is 2.25. The number of amides is 1. The fraction of sp³-hybridized carbons (Fsp3) is 0.0323. The van der Waals surface area contributed by atoms with Crippen LogP contribution in [0, 0.1) is 6.92 Å². The van der Waals surface area contributed by atoms with Gasteiger partial charge in [-0.25, -0.2) is 0 Å². The molecule has 190 valence electrons. The SMILES string of the molecule is Cc1cc2nn(-c3cccc4ccccc34)nc2cc1NC(=S)NC(=O)/C=C/c1ccc(-c2ccccc2)o1. The smallest absolute Gasteiger partial charge is 0.250 e. The van der Waals surface area contributed by atoms with Crippen molar-refractivity contribution in [3.05, 3.63) is 114 Å². The lowest BCUT2D eigenvalue weighted by molar-refractivity contribution is -0.115. The van der Waals surface area contributed by atoms with Gasteiger partial charge in [0, 0.05) is 22.7 Å². The van der Waals surface area contributed by atoms with Gasteiger partial charge in [0.15, 0.2) is 5.11 Å². The molecule has 2 heterocycles. The minimum atomic E-state index is -0.370. The summed E-state index contributed by atoms with van der Waals surface area (Å²) in [4.78, 5) is 14.1. The monoisotopic (exact) mass is 529 g/mol. The molecule has 1 amide bonds. The second-order valence-corrected chi connectivity index (χ2v) is 9.40. The second-order valence-electron chi connectivity index (χ2n) is 8.99. The Kier molecular flexibility index (Phi) is 6.44. The van der Waals surface area contributed by atoms with E-state index in [9.17, 15) is 4.79 Å². The molecule has 39 heavy (non-hydrogen) atoms. The number of aryl methyl sites for hydroxylation is 1. The van der Waals surface area contributed by atoms with Gasteiger partial charge in [-0.15, -0.1) is 15.0 Å². The van der Waals surface area contributed by atoms with Gasteiger partial charge in [-0.3, -0.25) is 10.1 Å². The molecule has 6 rings (SSSR count). The van der Waals surface area contributed by atoms with Crippen molar-refractivity contribution in [3.8, 4) is 17.0 Å². The van der Waals surface area contributed by atoms with E-state index in [4.69, 9.17) is 26.8 Å². The number of carbonyl (C=O) groups is 1. The van der Waals surface area contributed by atoms with E-state index in [1.807, 2.05) is 85.8 Å². The fourth-order valence-corrected chi connectivity index (χ4v) is 4.57. The van der Waals surface area contributed by atoms with Crippen LogP contribution in [0.25, 0.3) is 44.9 Å². The summed E-state index contributed by atoms with van der Waals surface area (Å²) < 4.78 is 5.80. The van der Waals surface area contributed by atoms with E-state index >= 15 is 0 Å². The summed E-state index contributed by atoms with van der Waals surface area (Å²) >= 11 is 5.39. The number of hydrogen-bond donors (Lipinski definition) is 2. The van der Waals surface area contributed by atoms with Crippen LogP contribution >= 0.6 is 12.2 Å². The van der Waals surface area contributed by atoms with Crippen LogP contribution in [-0.4, -0.2) is 26.0 Å². The largest absolute Gasteiger partial charge is 0.457 e. The van der Waals surface area contributed by atoms with Crippen molar-refractivity contribution in [3.63, 3.8) is 0 Å². The van der Waals surface area contributed by atoms with Crippen LogP contribution in [0.5, 0.6) is 0 Å². The molecule has 4 aromatic carbocycles. The normalized spacial score (nSPS) is 11.3. The molecule has 0 aliphatic carbocycles. The summed E-state index contributed by atoms with van der Waals surface area (Å²) in [7, 11) is 0. The van der Waals surface area contributed by atoms with Crippen molar-refractivity contribution in [1.29, 1.82) is 0 Å². The van der Waals surface area contributed by atoms with Gasteiger partial charge < -0.3 is 9.73 Å². The van der Waals surface area contributed by atoms with Crippen LogP contribution in [0.1, 0.15) is 11.3 Å². The number of anilines is 1. The third-order valence-corrected chi connectivity index (χ3v) is 6.48. The van der Waals surface area contributed by atoms with Crippen LogP contribution in [0.4, 0.5) is 5.69 Å². The molecule has 0 aliphatic rings. The predicted molar refractivity (Wildman–Crippen MR) is 159 cm³/mol. The number of benzene rings is 4. The van der Waals surface area contributed by atoms with Crippen LogP contribution in [-0.2, 0) is 4.79 Å². The Morgan fingerprint density at radius 1 is 0.897 bits per heavy atom. The Hall–Kier alpha value is -5.08. The average molecular weight is 530 g/mol. The van der Waals surface area contributed by atoms with Crippen molar-refractivity contribution < 1.29 is 9.21 Å². The quantitative estimate of drug-likeness (QED) is 0.192. The number of furan rings is 1. The topological polar surface area (TPSA) is 85.0 Å². The van der Waals surface area contributed by atoms with Crippen molar-refractivity contribution in [1.82, 2.24) is 20.3 Å². The lowest BCUT2D eigenvalue weighted by Gasteiger charge is -2.10. The summed E-state index contributed by atoms with van der Waals surface area (Å²) in [5.41, 5.74) is 4.99. The summed E-state index contributed by atoms with van der Waals surface area (Å²) in [5.74, 6) is 0.931. The number of hydrogen-bond acceptors (Lipinski definition) is 5. The highest BCUT2D eigenvalue weighted by Gasteiger charge is 2.12. The summed E-state index contributed by atoms with van der Waals surface area (Å²) in [6.45, 7) is 1.95. The first-order valence-corrected chi connectivity index (χ1v) is 12.8. The van der Waals surface area contributed by atoms with Gasteiger partial charge in [0.2, 0.25) is 5.91 Å². The first kappa shape index (κ1) is 24.3. The molecule has 0 unspecified atom stereocenters. The van der Waals surface area contributed by atoms with E-state index in [0.29, 0.717) is 11.3 Å². The van der Waals surface area contributed by atoms with Gasteiger partial charge in [-0.2, -0.15) is 0 Å². The Balaban J connectivity index is 1.15. The predicted octanol–water partition coefficient (Wildman–Crippen LogP) is 6.67.